The molecule has 14 nitrogen and oxygen atoms in total. The molecule has 0 aliphatic heterocycles. The average Bonchev–Trinajstić information content (AvgIpc) is 3.33. The molecule has 0 unspecified atom stereocenters. The van der Waals surface area contributed by atoms with Crippen LogP contribution in [-0.2, 0) is 0 Å². The number of nitrogens with zero attached hydrogens (tertiary/aromatic N) is 2. The fraction of sp³-hybridized carbons (Fsp3) is 0.0400. The first-order valence-electron chi connectivity index (χ1n) is 11.4. The predicted molar refractivity (Wildman–Crippen MR) is 160 cm³/mol. The van der Waals surface area contributed by atoms with Crippen molar-refractivity contribution in [1.29, 1.82) is 0 Å². The fourth-order valence-corrected chi connectivity index (χ4v) is 4.15. The lowest BCUT2D eigenvalue weighted by Gasteiger charge is -2.10. The Morgan fingerprint density at radius 3 is 1.64 bits per heavy atom. The fourth-order valence-electron chi connectivity index (χ4n) is 3.15. The van der Waals surface area contributed by atoms with E-state index in [0.29, 0.717) is 5.69 Å². The van der Waals surface area contributed by atoms with Crippen molar-refractivity contribution in [3.05, 3.63) is 101 Å². The number of phenolic OH excluding ortho intramolecular Hbond substituents is 2. The standard InChI is InChI=1S/C13H9Cl2N3O4.C12H11N3O4S/c14-8-2-1-3-10(12(8)15)17-13(20)16-9-5-4-7(18(21)22)6-11(9)19;1-7-9(4-5-20-7)13-12(17)14-10-3-2-8(15(18)19)6-11(10)16/h1-6,19H,(H2,16,17,20);2-6,16H,1H3,(H2,13,14,17). The molecule has 0 radical (unpaired) electrons. The number of urea groups is 2. The number of nitro benzene ring substituents is 2. The maximum Gasteiger partial charge on any atom is 0.323 e. The number of carbonyl (C=O) groups is 2. The number of carbonyl (C=O) groups excluding carboxylic acids is 2. The van der Waals surface area contributed by atoms with Gasteiger partial charge >= 0.3 is 12.1 Å². The van der Waals surface area contributed by atoms with Crippen molar-refractivity contribution >= 4 is 80.7 Å². The van der Waals surface area contributed by atoms with Crippen molar-refractivity contribution in [3.8, 4) is 11.5 Å². The molecule has 0 saturated carbocycles. The molecule has 0 spiro atoms. The number of hydrogen-bond acceptors (Lipinski definition) is 9. The number of nitrogens with one attached hydrogen (secondary N) is 4. The molecule has 1 heterocycles. The number of phenols is 2. The monoisotopic (exact) mass is 634 g/mol. The molecule has 17 heteroatoms. The van der Waals surface area contributed by atoms with Crippen molar-refractivity contribution in [2.75, 3.05) is 21.3 Å². The van der Waals surface area contributed by atoms with Gasteiger partial charge in [-0.25, -0.2) is 9.59 Å². The topological polar surface area (TPSA) is 209 Å². The highest BCUT2D eigenvalue weighted by atomic mass is 35.5. The lowest BCUT2D eigenvalue weighted by Crippen LogP contribution is -2.19. The van der Waals surface area contributed by atoms with Gasteiger partial charge in [-0.3, -0.25) is 20.2 Å². The molecule has 0 aliphatic carbocycles. The van der Waals surface area contributed by atoms with Crippen molar-refractivity contribution in [1.82, 2.24) is 0 Å². The summed E-state index contributed by atoms with van der Waals surface area (Å²) in [6.45, 7) is 1.86. The van der Waals surface area contributed by atoms with Crippen LogP contribution in [0.4, 0.5) is 43.7 Å². The van der Waals surface area contributed by atoms with Crippen LogP contribution in [0.3, 0.4) is 0 Å². The highest BCUT2D eigenvalue weighted by molar-refractivity contribution is 7.10. The van der Waals surface area contributed by atoms with Crippen LogP contribution in [-0.4, -0.2) is 32.1 Å². The zero-order valence-corrected chi connectivity index (χ0v) is 23.6. The van der Waals surface area contributed by atoms with E-state index in [1.165, 1.54) is 29.5 Å². The van der Waals surface area contributed by atoms with Gasteiger partial charge in [-0.2, -0.15) is 0 Å². The summed E-state index contributed by atoms with van der Waals surface area (Å²) in [6, 6.07) is 12.0. The summed E-state index contributed by atoms with van der Waals surface area (Å²) in [7, 11) is 0. The molecular formula is C25H20Cl2N6O8S. The minimum atomic E-state index is -0.687. The summed E-state index contributed by atoms with van der Waals surface area (Å²) in [5, 5.41) is 52.5. The molecule has 3 aromatic carbocycles. The number of hydrogen-bond donors (Lipinski definition) is 6. The molecule has 0 saturated heterocycles. The molecule has 4 aromatic rings. The van der Waals surface area contributed by atoms with Crippen molar-refractivity contribution < 1.29 is 29.6 Å². The Morgan fingerprint density at radius 1 is 0.738 bits per heavy atom. The van der Waals surface area contributed by atoms with E-state index >= 15 is 0 Å². The van der Waals surface area contributed by atoms with Crippen LogP contribution < -0.4 is 21.3 Å². The van der Waals surface area contributed by atoms with E-state index in [0.717, 1.165) is 23.1 Å². The number of benzene rings is 3. The Kier molecular flexibility index (Phi) is 10.5. The third-order valence-electron chi connectivity index (χ3n) is 5.19. The number of non-ortho nitro benzene ring substituents is 2. The first-order valence-corrected chi connectivity index (χ1v) is 13.1. The average molecular weight is 635 g/mol. The van der Waals surface area contributed by atoms with Gasteiger partial charge in [0.15, 0.2) is 0 Å². The highest BCUT2D eigenvalue weighted by Crippen LogP contribution is 2.31. The van der Waals surface area contributed by atoms with Gasteiger partial charge in [-0.15, -0.1) is 11.3 Å². The molecule has 4 amide bonds. The molecule has 1 aromatic heterocycles. The van der Waals surface area contributed by atoms with E-state index in [1.54, 1.807) is 24.3 Å². The van der Waals surface area contributed by atoms with E-state index in [4.69, 9.17) is 23.2 Å². The Bertz CT molecular complexity index is 1670. The Labute approximate surface area is 250 Å². The smallest absolute Gasteiger partial charge is 0.323 e. The number of amides is 4. The normalized spacial score (nSPS) is 10.1. The van der Waals surface area contributed by atoms with Gasteiger partial charge in [0.2, 0.25) is 0 Å². The number of halogens is 2. The van der Waals surface area contributed by atoms with Crippen molar-refractivity contribution in [2.24, 2.45) is 0 Å². The van der Waals surface area contributed by atoms with E-state index < -0.39 is 27.7 Å². The zero-order chi connectivity index (χ0) is 31.0. The van der Waals surface area contributed by atoms with Crippen molar-refractivity contribution in [3.63, 3.8) is 0 Å². The van der Waals surface area contributed by atoms with Gasteiger partial charge in [-0.1, -0.05) is 29.3 Å². The number of aromatic hydroxyl groups is 2. The maximum absolute atomic E-state index is 11.8. The number of nitro groups is 2. The lowest BCUT2D eigenvalue weighted by atomic mass is 10.2. The third kappa shape index (κ3) is 8.44. The summed E-state index contributed by atoms with van der Waals surface area (Å²) in [4.78, 5) is 44.4. The predicted octanol–water partition coefficient (Wildman–Crippen LogP) is 7.57. The first kappa shape index (κ1) is 31.4. The SMILES string of the molecule is Cc1sccc1NC(=O)Nc1ccc([N+](=O)[O-])cc1O.O=C(Nc1ccc([N+](=O)[O-])cc1O)Nc1cccc(Cl)c1Cl. The molecule has 6 N–H and O–H groups in total. The number of anilines is 4. The van der Waals surface area contributed by atoms with Gasteiger partial charge in [0.05, 0.1) is 54.8 Å². The Morgan fingerprint density at radius 2 is 1.21 bits per heavy atom. The second-order valence-electron chi connectivity index (χ2n) is 8.07. The summed E-state index contributed by atoms with van der Waals surface area (Å²) in [6.07, 6.45) is 0. The lowest BCUT2D eigenvalue weighted by molar-refractivity contribution is -0.385. The largest absolute Gasteiger partial charge is 0.506 e. The minimum Gasteiger partial charge on any atom is -0.506 e. The van der Waals surface area contributed by atoms with E-state index in [9.17, 15) is 40.0 Å². The van der Waals surface area contributed by atoms with Crippen molar-refractivity contribution in [2.45, 2.75) is 6.92 Å². The summed E-state index contributed by atoms with van der Waals surface area (Å²) < 4.78 is 0. The second kappa shape index (κ2) is 14.0. The maximum atomic E-state index is 11.8. The van der Waals surface area contributed by atoms with Crippen LogP contribution in [0.5, 0.6) is 11.5 Å². The minimum absolute atomic E-state index is 0.0150. The van der Waals surface area contributed by atoms with E-state index in [1.807, 2.05) is 12.3 Å². The Hall–Kier alpha value is -5.12. The number of aryl methyl sites for hydroxylation is 1. The van der Waals surface area contributed by atoms with Gasteiger partial charge in [0, 0.05) is 17.0 Å². The van der Waals surface area contributed by atoms with Gasteiger partial charge in [-0.05, 0) is 42.6 Å². The molecule has 0 aliphatic rings. The molecular weight excluding hydrogens is 615 g/mol. The molecule has 4 rings (SSSR count). The molecule has 218 valence electrons. The quantitative estimate of drug-likeness (QED) is 0.0705. The summed E-state index contributed by atoms with van der Waals surface area (Å²) >= 11 is 13.2. The van der Waals surface area contributed by atoms with Crippen LogP contribution in [0.1, 0.15) is 4.88 Å². The first-order chi connectivity index (χ1) is 19.8. The van der Waals surface area contributed by atoms with Gasteiger partial charge in [0.1, 0.15) is 11.5 Å². The summed E-state index contributed by atoms with van der Waals surface area (Å²) in [5.74, 6) is -0.794. The van der Waals surface area contributed by atoms with Gasteiger partial charge in [0.25, 0.3) is 11.4 Å². The van der Waals surface area contributed by atoms with Crippen LogP contribution >= 0.6 is 34.5 Å². The Balaban J connectivity index is 0.000000231. The zero-order valence-electron chi connectivity index (χ0n) is 21.3. The number of rotatable bonds is 6. The third-order valence-corrected chi connectivity index (χ3v) is 6.85. The molecule has 42 heavy (non-hydrogen) atoms. The van der Waals surface area contributed by atoms with Crippen LogP contribution in [0.2, 0.25) is 10.0 Å². The molecule has 0 atom stereocenters. The van der Waals surface area contributed by atoms with E-state index in [2.05, 4.69) is 21.3 Å². The van der Waals surface area contributed by atoms with Crippen LogP contribution in [0, 0.1) is 27.2 Å². The van der Waals surface area contributed by atoms with Gasteiger partial charge < -0.3 is 31.5 Å². The van der Waals surface area contributed by atoms with Crippen LogP contribution in [0.15, 0.2) is 66.0 Å². The second-order valence-corrected chi connectivity index (χ2v) is 9.97. The highest BCUT2D eigenvalue weighted by Gasteiger charge is 2.14. The summed E-state index contributed by atoms with van der Waals surface area (Å²) in [5.41, 5.74) is 0.535. The van der Waals surface area contributed by atoms with Crippen LogP contribution in [0.25, 0.3) is 0 Å². The molecule has 0 bridgehead atoms. The number of thiophene rings is 1. The van der Waals surface area contributed by atoms with E-state index in [-0.39, 0.29) is 44.2 Å². The molecule has 0 fully saturated rings.